The summed E-state index contributed by atoms with van der Waals surface area (Å²) in [7, 11) is 0. The summed E-state index contributed by atoms with van der Waals surface area (Å²) in [6, 6.07) is 17.1. The number of rotatable bonds is 3. The molecule has 2 heteroatoms. The van der Waals surface area contributed by atoms with Crippen molar-refractivity contribution in [1.82, 2.24) is 0 Å². The SMILES string of the molecule is Cc1cccc(C(Br)Cc2cccc(Br)c2)c1. The third kappa shape index (κ3) is 3.68. The average molecular weight is 354 g/mol. The summed E-state index contributed by atoms with van der Waals surface area (Å²) < 4.78 is 1.14. The second-order valence-corrected chi connectivity index (χ2v) is 6.24. The van der Waals surface area contributed by atoms with Crippen LogP contribution < -0.4 is 0 Å². The van der Waals surface area contributed by atoms with Crippen molar-refractivity contribution in [1.29, 1.82) is 0 Å². The van der Waals surface area contributed by atoms with Crippen molar-refractivity contribution >= 4 is 31.9 Å². The maximum Gasteiger partial charge on any atom is 0.0435 e. The molecule has 0 N–H and O–H groups in total. The van der Waals surface area contributed by atoms with E-state index in [9.17, 15) is 0 Å². The minimum Gasteiger partial charge on any atom is -0.0835 e. The minimum absolute atomic E-state index is 0.372. The fourth-order valence-electron chi connectivity index (χ4n) is 1.85. The molecule has 0 saturated heterocycles. The van der Waals surface area contributed by atoms with Gasteiger partial charge in [0, 0.05) is 9.30 Å². The van der Waals surface area contributed by atoms with Gasteiger partial charge >= 0.3 is 0 Å². The molecule has 0 aliphatic carbocycles. The van der Waals surface area contributed by atoms with Crippen LogP contribution in [0.5, 0.6) is 0 Å². The van der Waals surface area contributed by atoms with Gasteiger partial charge in [-0.25, -0.2) is 0 Å². The third-order valence-corrected chi connectivity index (χ3v) is 4.05. The van der Waals surface area contributed by atoms with Gasteiger partial charge in [0.1, 0.15) is 0 Å². The van der Waals surface area contributed by atoms with E-state index in [1.807, 2.05) is 0 Å². The molecular weight excluding hydrogens is 340 g/mol. The van der Waals surface area contributed by atoms with Crippen LogP contribution >= 0.6 is 31.9 Å². The maximum atomic E-state index is 3.77. The molecule has 0 aliphatic heterocycles. The largest absolute Gasteiger partial charge is 0.0835 e. The number of aryl methyl sites for hydroxylation is 1. The van der Waals surface area contributed by atoms with Crippen molar-refractivity contribution < 1.29 is 0 Å². The second kappa shape index (κ2) is 5.83. The van der Waals surface area contributed by atoms with Crippen molar-refractivity contribution in [2.75, 3.05) is 0 Å². The summed E-state index contributed by atoms with van der Waals surface area (Å²) in [5.41, 5.74) is 3.98. The number of hydrogen-bond donors (Lipinski definition) is 0. The van der Waals surface area contributed by atoms with Crippen LogP contribution in [0.4, 0.5) is 0 Å². The Balaban J connectivity index is 2.14. The first kappa shape index (κ1) is 12.8. The lowest BCUT2D eigenvalue weighted by Crippen LogP contribution is -1.95. The summed E-state index contributed by atoms with van der Waals surface area (Å²) in [6.07, 6.45) is 1.00. The van der Waals surface area contributed by atoms with Gasteiger partial charge in [-0.05, 0) is 36.6 Å². The molecule has 0 saturated carbocycles. The lowest BCUT2D eigenvalue weighted by molar-refractivity contribution is 0.946. The van der Waals surface area contributed by atoms with Gasteiger partial charge < -0.3 is 0 Å². The Morgan fingerprint density at radius 3 is 2.53 bits per heavy atom. The van der Waals surface area contributed by atoms with Crippen LogP contribution in [0, 0.1) is 6.92 Å². The molecule has 1 atom stereocenters. The van der Waals surface area contributed by atoms with Crippen LogP contribution in [0.1, 0.15) is 21.5 Å². The molecule has 1 unspecified atom stereocenters. The van der Waals surface area contributed by atoms with Crippen molar-refractivity contribution in [2.24, 2.45) is 0 Å². The van der Waals surface area contributed by atoms with E-state index in [4.69, 9.17) is 0 Å². The van der Waals surface area contributed by atoms with Gasteiger partial charge in [-0.2, -0.15) is 0 Å². The van der Waals surface area contributed by atoms with Crippen LogP contribution in [-0.4, -0.2) is 0 Å². The molecule has 0 aromatic heterocycles. The summed E-state index contributed by atoms with van der Waals surface area (Å²) in [4.78, 5) is 0.372. The average Bonchev–Trinajstić information content (AvgIpc) is 2.29. The van der Waals surface area contributed by atoms with E-state index in [0.29, 0.717) is 4.83 Å². The lowest BCUT2D eigenvalue weighted by atomic mass is 10.0. The van der Waals surface area contributed by atoms with E-state index in [2.05, 4.69) is 87.3 Å². The Labute approximate surface area is 119 Å². The Morgan fingerprint density at radius 2 is 1.82 bits per heavy atom. The normalized spacial score (nSPS) is 12.4. The van der Waals surface area contributed by atoms with E-state index in [0.717, 1.165) is 10.9 Å². The van der Waals surface area contributed by atoms with Crippen LogP contribution in [0.15, 0.2) is 53.0 Å². The van der Waals surface area contributed by atoms with Gasteiger partial charge in [-0.3, -0.25) is 0 Å². The zero-order valence-corrected chi connectivity index (χ0v) is 12.8. The number of alkyl halides is 1. The first-order valence-corrected chi connectivity index (χ1v) is 7.31. The predicted octanol–water partition coefficient (Wildman–Crippen LogP) is 5.44. The minimum atomic E-state index is 0.372. The van der Waals surface area contributed by atoms with E-state index in [1.165, 1.54) is 16.7 Å². The van der Waals surface area contributed by atoms with E-state index >= 15 is 0 Å². The lowest BCUT2D eigenvalue weighted by Gasteiger charge is -2.11. The zero-order chi connectivity index (χ0) is 12.3. The predicted molar refractivity (Wildman–Crippen MR) is 80.7 cm³/mol. The molecule has 0 bridgehead atoms. The molecule has 2 aromatic rings. The van der Waals surface area contributed by atoms with Crippen LogP contribution in [0.25, 0.3) is 0 Å². The number of halogens is 2. The van der Waals surface area contributed by atoms with Crippen molar-refractivity contribution in [2.45, 2.75) is 18.2 Å². The van der Waals surface area contributed by atoms with Gasteiger partial charge in [-0.1, -0.05) is 73.8 Å². The first-order valence-electron chi connectivity index (χ1n) is 5.60. The standard InChI is InChI=1S/C15H14Br2/c1-11-4-2-6-13(8-11)15(17)10-12-5-3-7-14(16)9-12/h2-9,15H,10H2,1H3. The highest BCUT2D eigenvalue weighted by molar-refractivity contribution is 9.10. The molecule has 0 fully saturated rings. The van der Waals surface area contributed by atoms with E-state index in [-0.39, 0.29) is 0 Å². The second-order valence-electron chi connectivity index (χ2n) is 4.22. The van der Waals surface area contributed by atoms with E-state index in [1.54, 1.807) is 0 Å². The highest BCUT2D eigenvalue weighted by Crippen LogP contribution is 2.28. The third-order valence-electron chi connectivity index (χ3n) is 2.71. The van der Waals surface area contributed by atoms with Gasteiger partial charge in [0.05, 0.1) is 0 Å². The molecule has 0 heterocycles. The zero-order valence-electron chi connectivity index (χ0n) is 9.66. The fourth-order valence-corrected chi connectivity index (χ4v) is 2.96. The Kier molecular flexibility index (Phi) is 4.41. The monoisotopic (exact) mass is 352 g/mol. The molecule has 2 aromatic carbocycles. The highest BCUT2D eigenvalue weighted by Gasteiger charge is 2.08. The van der Waals surface area contributed by atoms with Crippen molar-refractivity contribution in [3.8, 4) is 0 Å². The number of benzene rings is 2. The number of hydrogen-bond acceptors (Lipinski definition) is 0. The van der Waals surface area contributed by atoms with Gasteiger partial charge in [-0.15, -0.1) is 0 Å². The van der Waals surface area contributed by atoms with E-state index < -0.39 is 0 Å². The maximum absolute atomic E-state index is 3.77. The summed E-state index contributed by atoms with van der Waals surface area (Å²) >= 11 is 7.27. The molecular formula is C15H14Br2. The molecule has 0 radical (unpaired) electrons. The molecule has 0 nitrogen and oxygen atoms in total. The smallest absolute Gasteiger partial charge is 0.0435 e. The Hall–Kier alpha value is -0.600. The molecule has 0 amide bonds. The molecule has 0 spiro atoms. The first-order chi connectivity index (χ1) is 8.15. The Bertz CT molecular complexity index is 506. The summed E-state index contributed by atoms with van der Waals surface area (Å²) in [5, 5.41) is 0. The van der Waals surface area contributed by atoms with Crippen LogP contribution in [-0.2, 0) is 6.42 Å². The molecule has 2 rings (SSSR count). The van der Waals surface area contributed by atoms with Gasteiger partial charge in [0.25, 0.3) is 0 Å². The highest BCUT2D eigenvalue weighted by atomic mass is 79.9. The van der Waals surface area contributed by atoms with Crippen LogP contribution in [0.3, 0.4) is 0 Å². The Morgan fingerprint density at radius 1 is 1.06 bits per heavy atom. The van der Waals surface area contributed by atoms with Crippen LogP contribution in [0.2, 0.25) is 0 Å². The quantitative estimate of drug-likeness (QED) is 0.645. The fraction of sp³-hybridized carbons (Fsp3) is 0.200. The molecule has 17 heavy (non-hydrogen) atoms. The van der Waals surface area contributed by atoms with Crippen molar-refractivity contribution in [3.05, 3.63) is 69.7 Å². The summed E-state index contributed by atoms with van der Waals surface area (Å²) in [5.74, 6) is 0. The van der Waals surface area contributed by atoms with Gasteiger partial charge in [0.2, 0.25) is 0 Å². The van der Waals surface area contributed by atoms with Crippen molar-refractivity contribution in [3.63, 3.8) is 0 Å². The molecule has 88 valence electrons. The summed E-state index contributed by atoms with van der Waals surface area (Å²) in [6.45, 7) is 2.13. The molecule has 0 aliphatic rings. The topological polar surface area (TPSA) is 0 Å². The van der Waals surface area contributed by atoms with Gasteiger partial charge in [0.15, 0.2) is 0 Å².